The summed E-state index contributed by atoms with van der Waals surface area (Å²) in [5.74, 6) is 0.966. The average molecular weight is 165 g/mol. The Hall–Kier alpha value is -1.05. The highest BCUT2D eigenvalue weighted by molar-refractivity contribution is 5.28. The zero-order chi connectivity index (χ0) is 8.81. The maximum Gasteiger partial charge on any atom is 0.140 e. The van der Waals surface area contributed by atoms with Crippen molar-refractivity contribution in [1.29, 1.82) is 0 Å². The molecule has 0 aliphatic carbocycles. The van der Waals surface area contributed by atoms with Crippen LogP contribution in [0, 0.1) is 0 Å². The molecule has 1 aromatic heterocycles. The van der Waals surface area contributed by atoms with Gasteiger partial charge in [0.15, 0.2) is 0 Å². The molecule has 0 saturated carbocycles. The fourth-order valence-electron chi connectivity index (χ4n) is 1.16. The van der Waals surface area contributed by atoms with Gasteiger partial charge < -0.3 is 4.74 Å². The van der Waals surface area contributed by atoms with Crippen LogP contribution in [0.15, 0.2) is 18.3 Å². The van der Waals surface area contributed by atoms with E-state index in [2.05, 4.69) is 4.98 Å². The molecule has 0 amide bonds. The number of hydrogen-bond donors (Lipinski definition) is 0. The molecule has 0 saturated heterocycles. The Balaban J connectivity index is 0.000000336. The lowest BCUT2D eigenvalue weighted by Crippen LogP contribution is -2.09. The standard InChI is InChI=1S/C8H9NO.C2H6/c1-4-8-7(9-5-1)3-2-6-10-8;1-2/h1,4-5H,2-3,6H2;1-2H3. The largest absolute Gasteiger partial charge is 0.492 e. The van der Waals surface area contributed by atoms with Gasteiger partial charge in [-0.05, 0) is 25.0 Å². The predicted octanol–water partition coefficient (Wildman–Crippen LogP) is 2.43. The Bertz CT molecular complexity index is 210. The number of rotatable bonds is 0. The van der Waals surface area contributed by atoms with Gasteiger partial charge in [-0.25, -0.2) is 0 Å². The Kier molecular flexibility index (Phi) is 3.58. The van der Waals surface area contributed by atoms with Gasteiger partial charge in [0.2, 0.25) is 0 Å². The summed E-state index contributed by atoms with van der Waals surface area (Å²) in [5.41, 5.74) is 1.11. The summed E-state index contributed by atoms with van der Waals surface area (Å²) in [4.78, 5) is 4.19. The van der Waals surface area contributed by atoms with Crippen LogP contribution in [-0.4, -0.2) is 11.6 Å². The van der Waals surface area contributed by atoms with Crippen LogP contribution in [0.4, 0.5) is 0 Å². The van der Waals surface area contributed by atoms with Crippen molar-refractivity contribution in [3.8, 4) is 5.75 Å². The van der Waals surface area contributed by atoms with E-state index in [1.807, 2.05) is 32.2 Å². The van der Waals surface area contributed by atoms with Gasteiger partial charge in [0.1, 0.15) is 5.75 Å². The van der Waals surface area contributed by atoms with E-state index in [0.29, 0.717) is 0 Å². The number of hydrogen-bond acceptors (Lipinski definition) is 2. The number of nitrogens with zero attached hydrogens (tertiary/aromatic N) is 1. The SMILES string of the molecule is CC.c1cnc2c(c1)OCCC2. The van der Waals surface area contributed by atoms with Crippen LogP contribution in [-0.2, 0) is 6.42 Å². The molecule has 0 radical (unpaired) electrons. The molecule has 1 aliphatic rings. The molecule has 2 rings (SSSR count). The van der Waals surface area contributed by atoms with Crippen molar-refractivity contribution in [2.45, 2.75) is 26.7 Å². The third-order valence-corrected chi connectivity index (χ3v) is 1.66. The van der Waals surface area contributed by atoms with Gasteiger partial charge in [-0.2, -0.15) is 0 Å². The summed E-state index contributed by atoms with van der Waals surface area (Å²) in [7, 11) is 0. The summed E-state index contributed by atoms with van der Waals surface area (Å²) in [5, 5.41) is 0. The van der Waals surface area contributed by atoms with Crippen molar-refractivity contribution < 1.29 is 4.74 Å². The predicted molar refractivity (Wildman–Crippen MR) is 49.4 cm³/mol. The number of fused-ring (bicyclic) bond motifs is 1. The smallest absolute Gasteiger partial charge is 0.140 e. The molecule has 0 N–H and O–H groups in total. The Morgan fingerprint density at radius 1 is 1.42 bits per heavy atom. The molecule has 0 spiro atoms. The molecule has 1 aromatic rings. The fraction of sp³-hybridized carbons (Fsp3) is 0.500. The normalized spacial score (nSPS) is 13.5. The van der Waals surface area contributed by atoms with Gasteiger partial charge in [-0.15, -0.1) is 0 Å². The van der Waals surface area contributed by atoms with E-state index in [4.69, 9.17) is 4.74 Å². The van der Waals surface area contributed by atoms with Crippen molar-refractivity contribution in [3.05, 3.63) is 24.0 Å². The van der Waals surface area contributed by atoms with Crippen molar-refractivity contribution in [3.63, 3.8) is 0 Å². The molecule has 2 heteroatoms. The third-order valence-electron chi connectivity index (χ3n) is 1.66. The molecule has 66 valence electrons. The fourth-order valence-corrected chi connectivity index (χ4v) is 1.16. The molecule has 0 unspecified atom stereocenters. The van der Waals surface area contributed by atoms with Gasteiger partial charge in [0.25, 0.3) is 0 Å². The minimum atomic E-state index is 0.846. The van der Waals surface area contributed by atoms with Gasteiger partial charge >= 0.3 is 0 Å². The first-order chi connectivity index (χ1) is 5.97. The van der Waals surface area contributed by atoms with Gasteiger partial charge in [0, 0.05) is 6.20 Å². The first-order valence-corrected chi connectivity index (χ1v) is 4.53. The summed E-state index contributed by atoms with van der Waals surface area (Å²) in [6.07, 6.45) is 3.98. The maximum absolute atomic E-state index is 5.36. The zero-order valence-electron chi connectivity index (χ0n) is 7.71. The highest BCUT2D eigenvalue weighted by Crippen LogP contribution is 2.20. The molecule has 2 heterocycles. The first-order valence-electron chi connectivity index (χ1n) is 4.53. The summed E-state index contributed by atoms with van der Waals surface area (Å²) < 4.78 is 5.36. The van der Waals surface area contributed by atoms with Crippen LogP contribution in [0.25, 0.3) is 0 Å². The number of ether oxygens (including phenoxy) is 1. The topological polar surface area (TPSA) is 22.1 Å². The minimum absolute atomic E-state index is 0.846. The zero-order valence-corrected chi connectivity index (χ0v) is 7.71. The third kappa shape index (κ3) is 1.97. The lowest BCUT2D eigenvalue weighted by molar-refractivity contribution is 0.285. The number of aryl methyl sites for hydroxylation is 1. The number of pyridine rings is 1. The molecule has 1 aliphatic heterocycles. The second-order valence-corrected chi connectivity index (χ2v) is 2.40. The molecule has 2 nitrogen and oxygen atoms in total. The van der Waals surface area contributed by atoms with Gasteiger partial charge in [-0.3, -0.25) is 4.98 Å². The van der Waals surface area contributed by atoms with Gasteiger partial charge in [-0.1, -0.05) is 13.8 Å². The van der Waals surface area contributed by atoms with Crippen molar-refractivity contribution in [1.82, 2.24) is 4.98 Å². The molecular weight excluding hydrogens is 150 g/mol. The number of aromatic nitrogens is 1. The molecule has 12 heavy (non-hydrogen) atoms. The van der Waals surface area contributed by atoms with E-state index in [9.17, 15) is 0 Å². The average Bonchev–Trinajstić information content (AvgIpc) is 2.21. The molecular formula is C10H15NO. The lowest BCUT2D eigenvalue weighted by atomic mass is 10.2. The molecule has 0 aromatic carbocycles. The van der Waals surface area contributed by atoms with E-state index in [1.54, 1.807) is 0 Å². The Labute approximate surface area is 73.6 Å². The lowest BCUT2D eigenvalue weighted by Gasteiger charge is -2.14. The van der Waals surface area contributed by atoms with Crippen molar-refractivity contribution in [2.24, 2.45) is 0 Å². The van der Waals surface area contributed by atoms with Crippen LogP contribution >= 0.6 is 0 Å². The highest BCUT2D eigenvalue weighted by atomic mass is 16.5. The van der Waals surface area contributed by atoms with E-state index in [1.165, 1.54) is 0 Å². The van der Waals surface area contributed by atoms with Crippen LogP contribution in [0.5, 0.6) is 5.75 Å². The van der Waals surface area contributed by atoms with Gasteiger partial charge in [0.05, 0.1) is 12.3 Å². The monoisotopic (exact) mass is 165 g/mol. The second kappa shape index (κ2) is 4.75. The molecule has 0 fully saturated rings. The second-order valence-electron chi connectivity index (χ2n) is 2.40. The van der Waals surface area contributed by atoms with E-state index >= 15 is 0 Å². The van der Waals surface area contributed by atoms with E-state index in [0.717, 1.165) is 30.9 Å². The summed E-state index contributed by atoms with van der Waals surface area (Å²) in [6.45, 7) is 4.85. The molecule has 0 atom stereocenters. The van der Waals surface area contributed by atoms with E-state index < -0.39 is 0 Å². The van der Waals surface area contributed by atoms with Crippen LogP contribution < -0.4 is 4.74 Å². The maximum atomic E-state index is 5.36. The Morgan fingerprint density at radius 2 is 2.25 bits per heavy atom. The Morgan fingerprint density at radius 3 is 3.00 bits per heavy atom. The highest BCUT2D eigenvalue weighted by Gasteiger charge is 2.08. The van der Waals surface area contributed by atoms with E-state index in [-0.39, 0.29) is 0 Å². The minimum Gasteiger partial charge on any atom is -0.492 e. The first kappa shape index (κ1) is 9.04. The van der Waals surface area contributed by atoms with Crippen molar-refractivity contribution >= 4 is 0 Å². The quantitative estimate of drug-likeness (QED) is 0.589. The van der Waals surface area contributed by atoms with Crippen molar-refractivity contribution in [2.75, 3.05) is 6.61 Å². The summed E-state index contributed by atoms with van der Waals surface area (Å²) >= 11 is 0. The molecule has 0 bridgehead atoms. The summed E-state index contributed by atoms with van der Waals surface area (Å²) in [6, 6.07) is 3.88. The van der Waals surface area contributed by atoms with Crippen LogP contribution in [0.1, 0.15) is 26.0 Å². The van der Waals surface area contributed by atoms with Crippen LogP contribution in [0.2, 0.25) is 0 Å². The van der Waals surface area contributed by atoms with Crippen LogP contribution in [0.3, 0.4) is 0 Å².